The van der Waals surface area contributed by atoms with Crippen molar-refractivity contribution in [3.8, 4) is 0 Å². The van der Waals surface area contributed by atoms with Crippen LogP contribution in [-0.2, 0) is 11.2 Å². The van der Waals surface area contributed by atoms with Crippen LogP contribution < -0.4 is 0 Å². The molecule has 1 aromatic carbocycles. The van der Waals surface area contributed by atoms with Crippen LogP contribution in [0.25, 0.3) is 16.5 Å². The number of rotatable bonds is 4. The maximum atomic E-state index is 13.1. The molecule has 2 atom stereocenters. The van der Waals surface area contributed by atoms with E-state index >= 15 is 0 Å². The van der Waals surface area contributed by atoms with Crippen molar-refractivity contribution in [1.82, 2.24) is 14.0 Å². The topological polar surface area (TPSA) is 28.5 Å². The molecular formula is C23H33N3OSi. The van der Waals surface area contributed by atoms with Crippen molar-refractivity contribution in [1.29, 1.82) is 0 Å². The smallest absolute Gasteiger partial charge is 0.230 e. The average Bonchev–Trinajstić information content (AvgIpc) is 3.04. The van der Waals surface area contributed by atoms with Gasteiger partial charge in [-0.2, -0.15) is 0 Å². The van der Waals surface area contributed by atoms with Gasteiger partial charge in [0.05, 0.1) is 5.92 Å². The molecule has 0 bridgehead atoms. The normalized spacial score (nSPS) is 22.1. The molecule has 0 saturated heterocycles. The minimum Gasteiger partial charge on any atom is -0.374 e. The lowest BCUT2D eigenvalue weighted by atomic mass is 9.79. The van der Waals surface area contributed by atoms with Gasteiger partial charge in [0.15, 0.2) is 8.24 Å². The van der Waals surface area contributed by atoms with Crippen LogP contribution in [0.1, 0.15) is 25.0 Å². The SMILES string of the molecule is CCN(CC)C(=O)[C@@H]1C=C2c3cccc4c3c(cn4[Si](C)(C)C)C[C@H]2N(C)C1. The highest BCUT2D eigenvalue weighted by molar-refractivity contribution is 6.75. The zero-order valence-corrected chi connectivity index (χ0v) is 19.1. The minimum atomic E-state index is -1.49. The zero-order chi connectivity index (χ0) is 20.2. The molecule has 1 amide bonds. The van der Waals surface area contributed by atoms with E-state index < -0.39 is 8.24 Å². The van der Waals surface area contributed by atoms with E-state index in [0.29, 0.717) is 6.04 Å². The molecule has 0 fully saturated rings. The van der Waals surface area contributed by atoms with Gasteiger partial charge in [-0.05, 0) is 56.3 Å². The van der Waals surface area contributed by atoms with Crippen LogP contribution in [0, 0.1) is 5.92 Å². The summed E-state index contributed by atoms with van der Waals surface area (Å²) in [6.45, 7) is 13.7. The molecule has 0 unspecified atom stereocenters. The molecule has 28 heavy (non-hydrogen) atoms. The number of carbonyl (C=O) groups excluding carboxylic acids is 1. The van der Waals surface area contributed by atoms with Gasteiger partial charge in [0.1, 0.15) is 0 Å². The van der Waals surface area contributed by atoms with Crippen molar-refractivity contribution < 1.29 is 4.79 Å². The number of nitrogens with zero attached hydrogens (tertiary/aromatic N) is 3. The molecule has 2 heterocycles. The van der Waals surface area contributed by atoms with Crippen LogP contribution in [0.2, 0.25) is 19.6 Å². The molecule has 5 heteroatoms. The third-order valence-electron chi connectivity index (χ3n) is 6.50. The zero-order valence-electron chi connectivity index (χ0n) is 18.1. The Morgan fingerprint density at radius 3 is 2.57 bits per heavy atom. The summed E-state index contributed by atoms with van der Waals surface area (Å²) in [5.74, 6) is 0.215. The molecule has 0 spiro atoms. The second-order valence-corrected chi connectivity index (χ2v) is 14.1. The van der Waals surface area contributed by atoms with E-state index in [0.717, 1.165) is 26.1 Å². The van der Waals surface area contributed by atoms with Crippen LogP contribution >= 0.6 is 0 Å². The van der Waals surface area contributed by atoms with Gasteiger partial charge >= 0.3 is 0 Å². The lowest BCUT2D eigenvalue weighted by molar-refractivity contribution is -0.134. The van der Waals surface area contributed by atoms with E-state index in [9.17, 15) is 4.79 Å². The Hall–Kier alpha value is -1.85. The summed E-state index contributed by atoms with van der Waals surface area (Å²) in [6.07, 6.45) is 5.74. The van der Waals surface area contributed by atoms with Crippen LogP contribution in [0.5, 0.6) is 0 Å². The molecule has 0 radical (unpaired) electrons. The maximum Gasteiger partial charge on any atom is 0.230 e. The first kappa shape index (κ1) is 19.5. The summed E-state index contributed by atoms with van der Waals surface area (Å²) in [7, 11) is 0.694. The molecule has 0 N–H and O–H groups in total. The van der Waals surface area contributed by atoms with Crippen molar-refractivity contribution >= 4 is 30.6 Å². The second-order valence-electron chi connectivity index (χ2n) is 9.29. The fourth-order valence-corrected chi connectivity index (χ4v) is 6.49. The highest BCUT2D eigenvalue weighted by Gasteiger charge is 2.37. The third-order valence-corrected chi connectivity index (χ3v) is 8.32. The Morgan fingerprint density at radius 2 is 1.93 bits per heavy atom. The number of hydrogen-bond donors (Lipinski definition) is 0. The van der Waals surface area contributed by atoms with Gasteiger partial charge in [0, 0.05) is 36.6 Å². The number of likely N-dealkylation sites (N-methyl/N-ethyl adjacent to an activating group) is 1. The Bertz CT molecular complexity index is 949. The summed E-state index contributed by atoms with van der Waals surface area (Å²) < 4.78 is 2.55. The van der Waals surface area contributed by atoms with Gasteiger partial charge in [-0.1, -0.05) is 37.8 Å². The Balaban J connectivity index is 1.85. The molecule has 150 valence electrons. The molecular weight excluding hydrogens is 362 g/mol. The predicted molar refractivity (Wildman–Crippen MR) is 120 cm³/mol. The van der Waals surface area contributed by atoms with Crippen molar-refractivity contribution in [3.63, 3.8) is 0 Å². The van der Waals surface area contributed by atoms with Gasteiger partial charge in [-0.15, -0.1) is 0 Å². The number of carbonyl (C=O) groups is 1. The largest absolute Gasteiger partial charge is 0.374 e. The van der Waals surface area contributed by atoms with E-state index in [2.05, 4.69) is 80.1 Å². The van der Waals surface area contributed by atoms with Crippen LogP contribution in [0.4, 0.5) is 0 Å². The van der Waals surface area contributed by atoms with Crippen molar-refractivity contribution in [2.75, 3.05) is 26.7 Å². The lowest BCUT2D eigenvalue weighted by Crippen LogP contribution is -2.47. The van der Waals surface area contributed by atoms with Crippen molar-refractivity contribution in [3.05, 3.63) is 41.6 Å². The summed E-state index contributed by atoms with van der Waals surface area (Å²) in [4.78, 5) is 17.4. The van der Waals surface area contributed by atoms with Crippen LogP contribution in [-0.4, -0.2) is 60.9 Å². The quantitative estimate of drug-likeness (QED) is 0.730. The predicted octanol–water partition coefficient (Wildman–Crippen LogP) is 4.06. The van der Waals surface area contributed by atoms with E-state index in [1.54, 1.807) is 0 Å². The summed E-state index contributed by atoms with van der Waals surface area (Å²) in [5.41, 5.74) is 5.52. The fraction of sp³-hybridized carbons (Fsp3) is 0.522. The van der Waals surface area contributed by atoms with Gasteiger partial charge in [-0.3, -0.25) is 9.69 Å². The molecule has 2 aromatic rings. The van der Waals surface area contributed by atoms with Gasteiger partial charge in [-0.25, -0.2) is 0 Å². The number of benzene rings is 1. The second kappa shape index (κ2) is 6.89. The fourth-order valence-electron chi connectivity index (χ4n) is 5.04. The Kier molecular flexibility index (Phi) is 4.79. The lowest BCUT2D eigenvalue weighted by Gasteiger charge is -2.40. The summed E-state index contributed by atoms with van der Waals surface area (Å²) in [5, 5.41) is 1.41. The molecule has 0 saturated carbocycles. The monoisotopic (exact) mass is 395 g/mol. The van der Waals surface area contributed by atoms with E-state index in [1.165, 1.54) is 27.6 Å². The number of amides is 1. The standard InChI is InChI=1S/C23H33N3OSi/c1-7-25(8-2)23(27)17-12-19-18-10-9-11-20-22(18)16(13-21(19)24(3)14-17)15-26(20)28(4,5)6/h9-12,15,17,21H,7-8,13-14H2,1-6H3/t17-,21-/m1/s1. The van der Waals surface area contributed by atoms with E-state index in [1.807, 2.05) is 4.90 Å². The molecule has 4 rings (SSSR count). The van der Waals surface area contributed by atoms with Crippen molar-refractivity contribution in [2.24, 2.45) is 5.92 Å². The summed E-state index contributed by atoms with van der Waals surface area (Å²) >= 11 is 0. The molecule has 2 aliphatic rings. The molecule has 1 aromatic heterocycles. The first-order chi connectivity index (χ1) is 13.3. The van der Waals surface area contributed by atoms with Crippen molar-refractivity contribution in [2.45, 2.75) is 46.0 Å². The van der Waals surface area contributed by atoms with E-state index in [4.69, 9.17) is 0 Å². The number of aromatic nitrogens is 1. The number of hydrogen-bond acceptors (Lipinski definition) is 2. The van der Waals surface area contributed by atoms with Gasteiger partial charge in [0.25, 0.3) is 0 Å². The average molecular weight is 396 g/mol. The highest BCUT2D eigenvalue weighted by Crippen LogP contribution is 2.42. The molecule has 1 aliphatic heterocycles. The van der Waals surface area contributed by atoms with E-state index in [-0.39, 0.29) is 11.8 Å². The Morgan fingerprint density at radius 1 is 1.21 bits per heavy atom. The maximum absolute atomic E-state index is 13.1. The number of fused-ring (bicyclic) bond motifs is 2. The minimum absolute atomic E-state index is 0.0490. The van der Waals surface area contributed by atoms with Crippen LogP contribution in [0.3, 0.4) is 0 Å². The summed E-state index contributed by atoms with van der Waals surface area (Å²) in [6, 6.07) is 7.09. The Labute approximate surface area is 169 Å². The van der Waals surface area contributed by atoms with Gasteiger partial charge < -0.3 is 9.13 Å². The third kappa shape index (κ3) is 2.96. The molecule has 4 nitrogen and oxygen atoms in total. The first-order valence-electron chi connectivity index (χ1n) is 10.6. The molecule has 1 aliphatic carbocycles. The first-order valence-corrected chi connectivity index (χ1v) is 14.1. The highest BCUT2D eigenvalue weighted by atomic mass is 28.3. The van der Waals surface area contributed by atoms with Crippen LogP contribution in [0.15, 0.2) is 30.5 Å². The van der Waals surface area contributed by atoms with Gasteiger partial charge in [0.2, 0.25) is 5.91 Å².